The van der Waals surface area contributed by atoms with Gasteiger partial charge in [0.1, 0.15) is 23.6 Å². The van der Waals surface area contributed by atoms with Crippen LogP contribution in [0.25, 0.3) is 27.3 Å². The van der Waals surface area contributed by atoms with E-state index in [2.05, 4.69) is 11.4 Å². The predicted molar refractivity (Wildman–Crippen MR) is 186 cm³/mol. The molecule has 0 bridgehead atoms. The number of aryl methyl sites for hydroxylation is 1. The van der Waals surface area contributed by atoms with Crippen molar-refractivity contribution in [1.29, 1.82) is 0 Å². The van der Waals surface area contributed by atoms with Crippen LogP contribution in [-0.2, 0) is 28.9 Å². The number of fused-ring (bicyclic) bond motifs is 3. The number of carbonyl (C=O) groups is 2. The maximum absolute atomic E-state index is 14.3. The molecule has 250 valence electrons. The lowest BCUT2D eigenvalue weighted by Gasteiger charge is -2.37. The molecule has 48 heavy (non-hydrogen) atoms. The number of anilines is 2. The Morgan fingerprint density at radius 2 is 1.88 bits per heavy atom. The molecule has 2 aliphatic heterocycles. The van der Waals surface area contributed by atoms with Gasteiger partial charge in [0.2, 0.25) is 11.7 Å². The van der Waals surface area contributed by atoms with Crippen LogP contribution in [0.1, 0.15) is 44.5 Å². The molecule has 5 heterocycles. The van der Waals surface area contributed by atoms with Crippen LogP contribution < -0.4 is 20.5 Å². The van der Waals surface area contributed by atoms with Gasteiger partial charge < -0.3 is 29.2 Å². The van der Waals surface area contributed by atoms with Gasteiger partial charge in [-0.05, 0) is 92.4 Å². The van der Waals surface area contributed by atoms with Crippen molar-refractivity contribution in [3.63, 3.8) is 0 Å². The Kier molecular flexibility index (Phi) is 8.10. The minimum absolute atomic E-state index is 0.0743. The summed E-state index contributed by atoms with van der Waals surface area (Å²) >= 11 is 1.66. The van der Waals surface area contributed by atoms with Gasteiger partial charge in [0, 0.05) is 48.6 Å². The van der Waals surface area contributed by atoms with Gasteiger partial charge in [0.05, 0.1) is 12.3 Å². The highest BCUT2D eigenvalue weighted by Crippen LogP contribution is 2.31. The van der Waals surface area contributed by atoms with Crippen molar-refractivity contribution in [1.82, 2.24) is 24.1 Å². The van der Waals surface area contributed by atoms with Gasteiger partial charge in [-0.15, -0.1) is 16.4 Å². The number of nitrogens with zero attached hydrogens (tertiary/aromatic N) is 6. The second-order valence-electron chi connectivity index (χ2n) is 13.2. The molecule has 2 amide bonds. The van der Waals surface area contributed by atoms with Crippen molar-refractivity contribution in [2.75, 3.05) is 43.0 Å². The molecule has 0 aliphatic carbocycles. The van der Waals surface area contributed by atoms with E-state index < -0.39 is 5.60 Å². The number of rotatable bonds is 6. The summed E-state index contributed by atoms with van der Waals surface area (Å²) in [5, 5.41) is 10.9. The molecule has 0 unspecified atom stereocenters. The van der Waals surface area contributed by atoms with Gasteiger partial charge >= 0.3 is 6.09 Å². The van der Waals surface area contributed by atoms with Crippen LogP contribution >= 0.6 is 11.3 Å². The van der Waals surface area contributed by atoms with Crippen molar-refractivity contribution in [3.8, 4) is 17.1 Å². The fourth-order valence-electron chi connectivity index (χ4n) is 6.40. The summed E-state index contributed by atoms with van der Waals surface area (Å²) in [4.78, 5) is 49.4. The third-order valence-electron chi connectivity index (χ3n) is 8.73. The van der Waals surface area contributed by atoms with Gasteiger partial charge in [0.15, 0.2) is 5.82 Å². The Morgan fingerprint density at radius 1 is 1.08 bits per heavy atom. The first kappa shape index (κ1) is 31.7. The van der Waals surface area contributed by atoms with Crippen molar-refractivity contribution in [3.05, 3.63) is 69.0 Å². The standard InChI is InChI=1S/C35H39N7O5S/c1-6-26-30(39-11-13-40(14-12-39)34(45)47-35(3,4)5)32(44)42-33(37-31(38-42)24-7-8-27-22(18-24)9-15-46-27)41(26)20-29(43)36-25-19-23-10-16-48-28(23)17-21(25)2/h7-8,10,16-19H,6,9,11-15,20H2,1-5H3,(H,36,43). The smallest absolute Gasteiger partial charge is 0.410 e. The molecule has 2 aromatic carbocycles. The lowest BCUT2D eigenvalue weighted by molar-refractivity contribution is -0.116. The molecule has 0 atom stereocenters. The van der Waals surface area contributed by atoms with Gasteiger partial charge in [0.25, 0.3) is 5.56 Å². The Morgan fingerprint density at radius 3 is 2.62 bits per heavy atom. The summed E-state index contributed by atoms with van der Waals surface area (Å²) in [5.74, 6) is 1.28. The average Bonchev–Trinajstić information content (AvgIpc) is 3.81. The van der Waals surface area contributed by atoms with E-state index in [-0.39, 0.29) is 24.1 Å². The number of benzene rings is 2. The number of hydrogen-bond acceptors (Lipinski definition) is 9. The SMILES string of the molecule is CCc1c(N2CCN(C(=O)OC(C)(C)C)CC2)c(=O)n2nc(-c3ccc4c(c3)CCO4)nc2n1CC(=O)Nc1cc2ccsc2cc1C. The van der Waals surface area contributed by atoms with Crippen LogP contribution in [0.3, 0.4) is 0 Å². The number of thiophene rings is 1. The van der Waals surface area contributed by atoms with Crippen LogP contribution in [0.2, 0.25) is 0 Å². The second kappa shape index (κ2) is 12.3. The second-order valence-corrected chi connectivity index (χ2v) is 14.2. The zero-order valence-electron chi connectivity index (χ0n) is 27.8. The van der Waals surface area contributed by atoms with Gasteiger partial charge in [-0.3, -0.25) is 9.59 Å². The van der Waals surface area contributed by atoms with Crippen LogP contribution in [0, 0.1) is 6.92 Å². The first-order valence-corrected chi connectivity index (χ1v) is 17.2. The maximum Gasteiger partial charge on any atom is 0.410 e. The third-order valence-corrected chi connectivity index (χ3v) is 9.61. The van der Waals surface area contributed by atoms with E-state index in [1.807, 2.05) is 75.2 Å². The molecule has 1 fully saturated rings. The Balaban J connectivity index is 1.27. The lowest BCUT2D eigenvalue weighted by atomic mass is 10.1. The van der Waals surface area contributed by atoms with E-state index in [1.54, 1.807) is 20.8 Å². The monoisotopic (exact) mass is 669 g/mol. The zero-order chi connectivity index (χ0) is 33.7. The molecule has 0 spiro atoms. The van der Waals surface area contributed by atoms with E-state index in [1.165, 1.54) is 4.52 Å². The summed E-state index contributed by atoms with van der Waals surface area (Å²) in [7, 11) is 0. The molecule has 7 rings (SSSR count). The van der Waals surface area contributed by atoms with Crippen LogP contribution in [0.5, 0.6) is 5.75 Å². The number of amides is 2. The lowest BCUT2D eigenvalue weighted by Crippen LogP contribution is -2.51. The first-order chi connectivity index (χ1) is 23.0. The number of aromatic nitrogens is 4. The van der Waals surface area contributed by atoms with Crippen LogP contribution in [0.15, 0.2) is 46.6 Å². The molecule has 0 saturated carbocycles. The molecule has 5 aromatic rings. The van der Waals surface area contributed by atoms with Crippen molar-refractivity contribution >= 4 is 50.6 Å². The topological polar surface area (TPSA) is 123 Å². The van der Waals surface area contributed by atoms with E-state index in [4.69, 9.17) is 19.6 Å². The summed E-state index contributed by atoms with van der Waals surface area (Å²) in [5.41, 5.74) is 3.76. The normalized spacial score (nSPS) is 14.8. The average molecular weight is 670 g/mol. The Hall–Kier alpha value is -4.91. The highest BCUT2D eigenvalue weighted by atomic mass is 32.1. The summed E-state index contributed by atoms with van der Waals surface area (Å²) in [6.07, 6.45) is 0.886. The number of ether oxygens (including phenoxy) is 2. The van der Waals surface area contributed by atoms with Crippen molar-refractivity contribution < 1.29 is 19.1 Å². The number of nitrogens with one attached hydrogen (secondary N) is 1. The predicted octanol–water partition coefficient (Wildman–Crippen LogP) is 5.27. The third kappa shape index (κ3) is 5.98. The van der Waals surface area contributed by atoms with Crippen molar-refractivity contribution in [2.45, 2.75) is 59.6 Å². The maximum atomic E-state index is 14.3. The zero-order valence-corrected chi connectivity index (χ0v) is 28.6. The molecular formula is C35H39N7O5S. The molecule has 0 radical (unpaired) electrons. The Labute approximate surface area is 281 Å². The van der Waals surface area contributed by atoms with E-state index >= 15 is 0 Å². The van der Waals surface area contributed by atoms with Gasteiger partial charge in [-0.1, -0.05) is 6.92 Å². The number of piperazine rings is 1. The fourth-order valence-corrected chi connectivity index (χ4v) is 7.26. The first-order valence-electron chi connectivity index (χ1n) is 16.3. The largest absolute Gasteiger partial charge is 0.493 e. The van der Waals surface area contributed by atoms with Crippen LogP contribution in [-0.4, -0.2) is 74.5 Å². The highest BCUT2D eigenvalue weighted by molar-refractivity contribution is 7.17. The Bertz CT molecular complexity index is 2120. The van der Waals surface area contributed by atoms with E-state index in [9.17, 15) is 14.4 Å². The molecule has 2 aliphatic rings. The minimum atomic E-state index is -0.604. The number of carbonyl (C=O) groups excluding carboxylic acids is 2. The molecule has 1 N–H and O–H groups in total. The van der Waals surface area contributed by atoms with E-state index in [0.29, 0.717) is 62.2 Å². The molecule has 13 heteroatoms. The summed E-state index contributed by atoms with van der Waals surface area (Å²) in [6, 6.07) is 11.9. The molecular weight excluding hydrogens is 630 g/mol. The molecule has 3 aromatic heterocycles. The summed E-state index contributed by atoms with van der Waals surface area (Å²) < 4.78 is 15.5. The molecule has 1 saturated heterocycles. The quantitative estimate of drug-likeness (QED) is 0.259. The minimum Gasteiger partial charge on any atom is -0.493 e. The molecule has 12 nitrogen and oxygen atoms in total. The van der Waals surface area contributed by atoms with Gasteiger partial charge in [-0.25, -0.2) is 4.79 Å². The van der Waals surface area contributed by atoms with Gasteiger partial charge in [-0.2, -0.15) is 9.50 Å². The number of hydrogen-bond donors (Lipinski definition) is 1. The van der Waals surface area contributed by atoms with Crippen molar-refractivity contribution in [2.24, 2.45) is 0 Å². The van der Waals surface area contributed by atoms with Crippen LogP contribution in [0.4, 0.5) is 16.2 Å². The van der Waals surface area contributed by atoms with E-state index in [0.717, 1.165) is 44.6 Å². The summed E-state index contributed by atoms with van der Waals surface area (Å²) in [6.45, 7) is 11.6. The highest BCUT2D eigenvalue weighted by Gasteiger charge is 2.30. The fraction of sp³-hybridized carbons (Fsp3) is 0.400.